The van der Waals surface area contributed by atoms with Crippen molar-refractivity contribution in [3.05, 3.63) is 35.9 Å². The Labute approximate surface area is 125 Å². The molecule has 0 saturated carbocycles. The summed E-state index contributed by atoms with van der Waals surface area (Å²) in [5.41, 5.74) is 6.38. The van der Waals surface area contributed by atoms with Crippen molar-refractivity contribution < 1.29 is 27.5 Å². The molecule has 0 bridgehead atoms. The zero-order valence-electron chi connectivity index (χ0n) is 11.7. The van der Waals surface area contributed by atoms with Crippen molar-refractivity contribution in [3.63, 3.8) is 0 Å². The summed E-state index contributed by atoms with van der Waals surface area (Å²) in [4.78, 5) is 22.1. The van der Waals surface area contributed by atoms with Crippen LogP contribution in [0.15, 0.2) is 30.3 Å². The molecule has 0 aliphatic rings. The Bertz CT molecular complexity index is 492. The predicted molar refractivity (Wildman–Crippen MR) is 72.5 cm³/mol. The second-order valence-corrected chi connectivity index (χ2v) is 4.60. The molecule has 0 spiro atoms. The Morgan fingerprint density at radius 1 is 1.23 bits per heavy atom. The van der Waals surface area contributed by atoms with Crippen molar-refractivity contribution >= 4 is 11.9 Å². The third kappa shape index (κ3) is 6.57. The molecule has 1 atom stereocenters. The van der Waals surface area contributed by atoms with Gasteiger partial charge in [-0.3, -0.25) is 9.59 Å². The van der Waals surface area contributed by atoms with Crippen molar-refractivity contribution in [3.8, 4) is 0 Å². The van der Waals surface area contributed by atoms with E-state index in [-0.39, 0.29) is 26.0 Å². The molecule has 5 nitrogen and oxygen atoms in total. The van der Waals surface area contributed by atoms with Crippen LogP contribution in [0.25, 0.3) is 0 Å². The highest BCUT2D eigenvalue weighted by Crippen LogP contribution is 2.14. The summed E-state index contributed by atoms with van der Waals surface area (Å²) in [7, 11) is 0. The zero-order valence-corrected chi connectivity index (χ0v) is 11.7. The van der Waals surface area contributed by atoms with Crippen molar-refractivity contribution in [1.82, 2.24) is 5.32 Å². The highest BCUT2D eigenvalue weighted by atomic mass is 19.4. The first kappa shape index (κ1) is 18.0. The summed E-state index contributed by atoms with van der Waals surface area (Å²) in [5.74, 6) is -2.64. The van der Waals surface area contributed by atoms with Gasteiger partial charge in [-0.1, -0.05) is 30.3 Å². The van der Waals surface area contributed by atoms with E-state index < -0.39 is 24.1 Å². The number of nitrogens with two attached hydrogens (primary N) is 1. The molecule has 3 N–H and O–H groups in total. The Morgan fingerprint density at radius 3 is 2.45 bits per heavy atom. The fourth-order valence-corrected chi connectivity index (χ4v) is 1.58. The van der Waals surface area contributed by atoms with Crippen molar-refractivity contribution in [2.75, 3.05) is 6.54 Å². The third-order valence-corrected chi connectivity index (χ3v) is 2.76. The van der Waals surface area contributed by atoms with Gasteiger partial charge in [0.25, 0.3) is 0 Å². The first-order valence-corrected chi connectivity index (χ1v) is 6.62. The van der Waals surface area contributed by atoms with Gasteiger partial charge in [-0.25, -0.2) is 0 Å². The van der Waals surface area contributed by atoms with Crippen LogP contribution < -0.4 is 11.1 Å². The van der Waals surface area contributed by atoms with Crippen LogP contribution in [0.4, 0.5) is 13.2 Å². The Balaban J connectivity index is 2.20. The van der Waals surface area contributed by atoms with Crippen molar-refractivity contribution in [2.45, 2.75) is 31.7 Å². The molecule has 22 heavy (non-hydrogen) atoms. The van der Waals surface area contributed by atoms with Crippen LogP contribution in [0.1, 0.15) is 18.4 Å². The van der Waals surface area contributed by atoms with Crippen LogP contribution >= 0.6 is 0 Å². The molecule has 1 rings (SSSR count). The number of halogens is 3. The van der Waals surface area contributed by atoms with Gasteiger partial charge in [0, 0.05) is 6.54 Å². The van der Waals surface area contributed by atoms with Crippen LogP contribution in [0.3, 0.4) is 0 Å². The number of ether oxygens (including phenoxy) is 1. The molecular formula is C14H17F3N2O3. The number of alkyl halides is 3. The summed E-state index contributed by atoms with van der Waals surface area (Å²) >= 11 is 0. The smallest absolute Gasteiger partial charge is 0.460 e. The normalized spacial score (nSPS) is 12.5. The molecule has 0 aromatic heterocycles. The minimum absolute atomic E-state index is 0.0815. The first-order valence-electron chi connectivity index (χ1n) is 6.62. The molecule has 0 saturated heterocycles. The molecule has 1 amide bonds. The van der Waals surface area contributed by atoms with E-state index in [2.05, 4.69) is 0 Å². The van der Waals surface area contributed by atoms with Crippen LogP contribution in [0.2, 0.25) is 0 Å². The maximum Gasteiger partial charge on any atom is 0.471 e. The maximum atomic E-state index is 11.9. The monoisotopic (exact) mass is 318 g/mol. The fourth-order valence-electron chi connectivity index (χ4n) is 1.58. The summed E-state index contributed by atoms with van der Waals surface area (Å²) in [6.45, 7) is -0.129. The minimum Gasteiger partial charge on any atom is -0.460 e. The number of carbonyl (C=O) groups excluding carboxylic acids is 2. The largest absolute Gasteiger partial charge is 0.471 e. The number of amides is 1. The number of esters is 1. The van der Waals surface area contributed by atoms with E-state index in [9.17, 15) is 22.8 Å². The maximum absolute atomic E-state index is 11.9. The SMILES string of the molecule is NC(CCCNC(=O)C(F)(F)F)C(=O)OCc1ccccc1. The van der Waals surface area contributed by atoms with E-state index in [1.165, 1.54) is 0 Å². The molecule has 8 heteroatoms. The highest BCUT2D eigenvalue weighted by Gasteiger charge is 2.38. The molecule has 1 unspecified atom stereocenters. The Kier molecular flexibility index (Phi) is 6.84. The van der Waals surface area contributed by atoms with Gasteiger partial charge in [-0.05, 0) is 18.4 Å². The van der Waals surface area contributed by atoms with Crippen LogP contribution in [0.5, 0.6) is 0 Å². The highest BCUT2D eigenvalue weighted by molar-refractivity contribution is 5.81. The van der Waals surface area contributed by atoms with Gasteiger partial charge in [0.1, 0.15) is 12.6 Å². The van der Waals surface area contributed by atoms with E-state index in [0.29, 0.717) is 0 Å². The molecule has 0 heterocycles. The van der Waals surface area contributed by atoms with E-state index in [1.54, 1.807) is 29.6 Å². The van der Waals surface area contributed by atoms with Gasteiger partial charge in [0.05, 0.1) is 0 Å². The molecule has 1 aromatic carbocycles. The topological polar surface area (TPSA) is 81.4 Å². The number of nitrogens with one attached hydrogen (secondary N) is 1. The molecule has 122 valence electrons. The lowest BCUT2D eigenvalue weighted by Crippen LogP contribution is -2.38. The van der Waals surface area contributed by atoms with Gasteiger partial charge < -0.3 is 15.8 Å². The molecular weight excluding hydrogens is 301 g/mol. The van der Waals surface area contributed by atoms with Crippen LogP contribution in [-0.2, 0) is 20.9 Å². The summed E-state index contributed by atoms with van der Waals surface area (Å²) in [5, 5.41) is 1.70. The molecule has 0 fully saturated rings. The zero-order chi connectivity index (χ0) is 16.6. The average molecular weight is 318 g/mol. The number of hydrogen-bond acceptors (Lipinski definition) is 4. The molecule has 0 aliphatic heterocycles. The lowest BCUT2D eigenvalue weighted by molar-refractivity contribution is -0.173. The van der Waals surface area contributed by atoms with E-state index in [0.717, 1.165) is 5.56 Å². The second kappa shape index (κ2) is 8.38. The van der Waals surface area contributed by atoms with E-state index in [1.807, 2.05) is 6.07 Å². The van der Waals surface area contributed by atoms with Gasteiger partial charge in [-0.15, -0.1) is 0 Å². The summed E-state index contributed by atoms with van der Waals surface area (Å²) in [6.07, 6.45) is -4.65. The van der Waals surface area contributed by atoms with Crippen molar-refractivity contribution in [1.29, 1.82) is 0 Å². The van der Waals surface area contributed by atoms with E-state index in [4.69, 9.17) is 10.5 Å². The van der Waals surface area contributed by atoms with Crippen LogP contribution in [0, 0.1) is 0 Å². The quantitative estimate of drug-likeness (QED) is 0.590. The molecule has 0 radical (unpaired) electrons. The average Bonchev–Trinajstić information content (AvgIpc) is 2.48. The fraction of sp³-hybridized carbons (Fsp3) is 0.429. The predicted octanol–water partition coefficient (Wildman–Crippen LogP) is 1.52. The number of carbonyl (C=O) groups is 2. The lowest BCUT2D eigenvalue weighted by Gasteiger charge is -2.12. The lowest BCUT2D eigenvalue weighted by atomic mass is 10.1. The Hall–Kier alpha value is -2.09. The minimum atomic E-state index is -4.91. The van der Waals surface area contributed by atoms with Gasteiger partial charge >= 0.3 is 18.1 Å². The third-order valence-electron chi connectivity index (χ3n) is 2.76. The number of benzene rings is 1. The summed E-state index contributed by atoms with van der Waals surface area (Å²) < 4.78 is 40.7. The van der Waals surface area contributed by atoms with Gasteiger partial charge in [0.2, 0.25) is 0 Å². The van der Waals surface area contributed by atoms with Gasteiger partial charge in [-0.2, -0.15) is 13.2 Å². The molecule has 1 aromatic rings. The number of rotatable bonds is 7. The van der Waals surface area contributed by atoms with Crippen molar-refractivity contribution in [2.24, 2.45) is 5.73 Å². The second-order valence-electron chi connectivity index (χ2n) is 4.60. The number of hydrogen-bond donors (Lipinski definition) is 2. The van der Waals surface area contributed by atoms with E-state index >= 15 is 0 Å². The standard InChI is InChI=1S/C14H17F3N2O3/c15-14(16,17)13(21)19-8-4-7-11(18)12(20)22-9-10-5-2-1-3-6-10/h1-3,5-6,11H,4,7-9,18H2,(H,19,21). The van der Waals surface area contributed by atoms with Crippen LogP contribution in [-0.4, -0.2) is 30.6 Å². The first-order chi connectivity index (χ1) is 10.3. The summed E-state index contributed by atoms with van der Waals surface area (Å²) in [6, 6.07) is 8.05. The Morgan fingerprint density at radius 2 is 1.86 bits per heavy atom. The van der Waals surface area contributed by atoms with Gasteiger partial charge in [0.15, 0.2) is 0 Å². The molecule has 0 aliphatic carbocycles.